The van der Waals surface area contributed by atoms with Crippen LogP contribution in [0.3, 0.4) is 0 Å². The molecule has 0 radical (unpaired) electrons. The van der Waals surface area contributed by atoms with E-state index in [1.165, 1.54) is 30.6 Å². The van der Waals surface area contributed by atoms with Crippen LogP contribution in [-0.4, -0.2) is 33.8 Å². The van der Waals surface area contributed by atoms with Gasteiger partial charge in [-0.2, -0.15) is 0 Å². The largest absolute Gasteiger partial charge is 0.495 e. The standard InChI is InChI=1S/C15H24N2O/c1-12-6-7-15(18-3)14(9-12)17(2)11-13-5-4-8-16-10-13/h6-7,9,13,16H,4-5,8,10-11H2,1-3H3. The lowest BCUT2D eigenvalue weighted by atomic mass is 9.99. The van der Waals surface area contributed by atoms with Crippen molar-refractivity contribution in [3.8, 4) is 5.75 Å². The highest BCUT2D eigenvalue weighted by molar-refractivity contribution is 5.59. The predicted octanol–water partition coefficient (Wildman–Crippen LogP) is 2.44. The minimum Gasteiger partial charge on any atom is -0.495 e. The van der Waals surface area contributed by atoms with Gasteiger partial charge in [0, 0.05) is 13.6 Å². The van der Waals surface area contributed by atoms with Crippen LogP contribution < -0.4 is 15.0 Å². The number of nitrogens with zero attached hydrogens (tertiary/aromatic N) is 1. The molecular formula is C15H24N2O. The molecule has 100 valence electrons. The number of methoxy groups -OCH3 is 1. The quantitative estimate of drug-likeness (QED) is 0.885. The molecule has 18 heavy (non-hydrogen) atoms. The highest BCUT2D eigenvalue weighted by Gasteiger charge is 2.17. The van der Waals surface area contributed by atoms with Crippen molar-refractivity contribution in [2.24, 2.45) is 5.92 Å². The Morgan fingerprint density at radius 3 is 2.94 bits per heavy atom. The number of nitrogens with one attached hydrogen (secondary N) is 1. The summed E-state index contributed by atoms with van der Waals surface area (Å²) in [7, 11) is 3.90. The summed E-state index contributed by atoms with van der Waals surface area (Å²) < 4.78 is 5.45. The zero-order valence-electron chi connectivity index (χ0n) is 11.7. The van der Waals surface area contributed by atoms with E-state index >= 15 is 0 Å². The average molecular weight is 248 g/mol. The predicted molar refractivity (Wildman–Crippen MR) is 76.6 cm³/mol. The van der Waals surface area contributed by atoms with Crippen LogP contribution in [-0.2, 0) is 0 Å². The number of ether oxygens (including phenoxy) is 1. The fourth-order valence-electron chi connectivity index (χ4n) is 2.66. The molecule has 1 N–H and O–H groups in total. The first-order valence-electron chi connectivity index (χ1n) is 6.77. The smallest absolute Gasteiger partial charge is 0.142 e. The molecule has 1 aliphatic heterocycles. The SMILES string of the molecule is COc1ccc(C)cc1N(C)CC1CCCNC1. The summed E-state index contributed by atoms with van der Waals surface area (Å²) >= 11 is 0. The van der Waals surface area contributed by atoms with Gasteiger partial charge in [-0.25, -0.2) is 0 Å². The summed E-state index contributed by atoms with van der Waals surface area (Å²) in [5.41, 5.74) is 2.47. The van der Waals surface area contributed by atoms with Crippen molar-refractivity contribution < 1.29 is 4.74 Å². The molecule has 1 aromatic rings. The second-order valence-corrected chi connectivity index (χ2v) is 5.27. The Bertz CT molecular complexity index is 386. The topological polar surface area (TPSA) is 24.5 Å². The molecule has 0 amide bonds. The van der Waals surface area contributed by atoms with E-state index in [4.69, 9.17) is 4.74 Å². The van der Waals surface area contributed by atoms with E-state index in [-0.39, 0.29) is 0 Å². The van der Waals surface area contributed by atoms with Crippen LogP contribution in [0.1, 0.15) is 18.4 Å². The number of hydrogen-bond acceptors (Lipinski definition) is 3. The molecule has 1 unspecified atom stereocenters. The van der Waals surface area contributed by atoms with Gasteiger partial charge in [-0.3, -0.25) is 0 Å². The van der Waals surface area contributed by atoms with Crippen molar-refractivity contribution >= 4 is 5.69 Å². The van der Waals surface area contributed by atoms with Crippen LogP contribution in [0.4, 0.5) is 5.69 Å². The molecule has 1 saturated heterocycles. The Labute approximate surface area is 110 Å². The molecule has 1 atom stereocenters. The highest BCUT2D eigenvalue weighted by atomic mass is 16.5. The Morgan fingerprint density at radius 2 is 2.28 bits per heavy atom. The van der Waals surface area contributed by atoms with Gasteiger partial charge in [0.25, 0.3) is 0 Å². The van der Waals surface area contributed by atoms with Crippen LogP contribution in [0.15, 0.2) is 18.2 Å². The van der Waals surface area contributed by atoms with Crippen molar-refractivity contribution in [3.63, 3.8) is 0 Å². The van der Waals surface area contributed by atoms with Gasteiger partial charge in [-0.1, -0.05) is 6.07 Å². The van der Waals surface area contributed by atoms with Crippen LogP contribution in [0, 0.1) is 12.8 Å². The lowest BCUT2D eigenvalue weighted by Crippen LogP contribution is -2.37. The minimum absolute atomic E-state index is 0.744. The number of piperidine rings is 1. The Morgan fingerprint density at radius 1 is 1.44 bits per heavy atom. The first kappa shape index (κ1) is 13.2. The van der Waals surface area contributed by atoms with Crippen molar-refractivity contribution in [2.75, 3.05) is 38.7 Å². The molecule has 0 bridgehead atoms. The van der Waals surface area contributed by atoms with E-state index in [1.54, 1.807) is 7.11 Å². The molecule has 0 aromatic heterocycles. The van der Waals surface area contributed by atoms with Gasteiger partial charge in [-0.05, 0) is 56.5 Å². The molecular weight excluding hydrogens is 224 g/mol. The maximum Gasteiger partial charge on any atom is 0.142 e. The molecule has 2 rings (SSSR count). The number of anilines is 1. The Hall–Kier alpha value is -1.22. The number of aryl methyl sites for hydroxylation is 1. The third-order valence-corrected chi connectivity index (χ3v) is 3.68. The lowest BCUT2D eigenvalue weighted by molar-refractivity contribution is 0.378. The first-order valence-corrected chi connectivity index (χ1v) is 6.77. The van der Waals surface area contributed by atoms with E-state index in [0.29, 0.717) is 0 Å². The van der Waals surface area contributed by atoms with Crippen molar-refractivity contribution in [1.82, 2.24) is 5.32 Å². The molecule has 1 aromatic carbocycles. The lowest BCUT2D eigenvalue weighted by Gasteiger charge is -2.29. The molecule has 0 saturated carbocycles. The average Bonchev–Trinajstić information content (AvgIpc) is 2.40. The zero-order valence-corrected chi connectivity index (χ0v) is 11.7. The van der Waals surface area contributed by atoms with E-state index < -0.39 is 0 Å². The third kappa shape index (κ3) is 3.16. The molecule has 0 spiro atoms. The van der Waals surface area contributed by atoms with Crippen LogP contribution in [0.2, 0.25) is 0 Å². The number of benzene rings is 1. The van der Waals surface area contributed by atoms with E-state index in [2.05, 4.69) is 42.4 Å². The van der Waals surface area contributed by atoms with Gasteiger partial charge in [0.05, 0.1) is 12.8 Å². The van der Waals surface area contributed by atoms with Crippen molar-refractivity contribution in [1.29, 1.82) is 0 Å². The van der Waals surface area contributed by atoms with Gasteiger partial charge in [0.2, 0.25) is 0 Å². The van der Waals surface area contributed by atoms with Crippen LogP contribution in [0.5, 0.6) is 5.75 Å². The second kappa shape index (κ2) is 6.10. The Kier molecular flexibility index (Phi) is 4.48. The van der Waals surface area contributed by atoms with Crippen molar-refractivity contribution in [2.45, 2.75) is 19.8 Å². The van der Waals surface area contributed by atoms with Crippen LogP contribution >= 0.6 is 0 Å². The van der Waals surface area contributed by atoms with Gasteiger partial charge >= 0.3 is 0 Å². The fraction of sp³-hybridized carbons (Fsp3) is 0.600. The number of rotatable bonds is 4. The second-order valence-electron chi connectivity index (χ2n) is 5.27. The maximum atomic E-state index is 5.45. The van der Waals surface area contributed by atoms with Crippen molar-refractivity contribution in [3.05, 3.63) is 23.8 Å². The minimum atomic E-state index is 0.744. The summed E-state index contributed by atoms with van der Waals surface area (Å²) in [5.74, 6) is 1.71. The molecule has 1 fully saturated rings. The first-order chi connectivity index (χ1) is 8.70. The molecule has 3 heteroatoms. The summed E-state index contributed by atoms with van der Waals surface area (Å²) in [6.45, 7) is 5.53. The summed E-state index contributed by atoms with van der Waals surface area (Å²) in [4.78, 5) is 2.32. The molecule has 1 aliphatic rings. The summed E-state index contributed by atoms with van der Waals surface area (Å²) in [5, 5.41) is 3.47. The van der Waals surface area contributed by atoms with Gasteiger partial charge in [-0.15, -0.1) is 0 Å². The van der Waals surface area contributed by atoms with E-state index in [9.17, 15) is 0 Å². The highest BCUT2D eigenvalue weighted by Crippen LogP contribution is 2.29. The summed E-state index contributed by atoms with van der Waals surface area (Å²) in [6, 6.07) is 6.35. The molecule has 3 nitrogen and oxygen atoms in total. The number of hydrogen-bond donors (Lipinski definition) is 1. The molecule has 0 aliphatic carbocycles. The Balaban J connectivity index is 2.07. The molecule has 1 heterocycles. The third-order valence-electron chi connectivity index (χ3n) is 3.68. The fourth-order valence-corrected chi connectivity index (χ4v) is 2.66. The van der Waals surface area contributed by atoms with Gasteiger partial charge < -0.3 is 15.0 Å². The van der Waals surface area contributed by atoms with E-state index in [0.717, 1.165) is 24.8 Å². The van der Waals surface area contributed by atoms with Gasteiger partial charge in [0.15, 0.2) is 0 Å². The van der Waals surface area contributed by atoms with Crippen LogP contribution in [0.25, 0.3) is 0 Å². The van der Waals surface area contributed by atoms with Gasteiger partial charge in [0.1, 0.15) is 5.75 Å². The van der Waals surface area contributed by atoms with E-state index in [1.807, 2.05) is 0 Å². The zero-order chi connectivity index (χ0) is 13.0. The summed E-state index contributed by atoms with van der Waals surface area (Å²) in [6.07, 6.45) is 2.62. The monoisotopic (exact) mass is 248 g/mol. The normalized spacial score (nSPS) is 19.6. The maximum absolute atomic E-state index is 5.45.